The van der Waals surface area contributed by atoms with Crippen LogP contribution in [0.25, 0.3) is 0 Å². The molecule has 1 aliphatic rings. The number of benzene rings is 1. The van der Waals surface area contributed by atoms with Crippen LogP contribution in [-0.4, -0.2) is 49.4 Å². The zero-order valence-corrected chi connectivity index (χ0v) is 14.8. The van der Waals surface area contributed by atoms with Crippen molar-refractivity contribution in [2.45, 2.75) is 18.9 Å². The monoisotopic (exact) mass is 358 g/mol. The minimum absolute atomic E-state index is 0.0881. The van der Waals surface area contributed by atoms with Crippen molar-refractivity contribution in [3.05, 3.63) is 36.2 Å². The molecule has 1 atom stereocenters. The Balaban J connectivity index is 1.66. The first kappa shape index (κ1) is 17.9. The molecule has 0 aliphatic carbocycles. The van der Waals surface area contributed by atoms with E-state index < -0.39 is 0 Å². The van der Waals surface area contributed by atoms with Crippen LogP contribution >= 0.6 is 0 Å². The van der Waals surface area contributed by atoms with Crippen LogP contribution < -0.4 is 20.1 Å². The van der Waals surface area contributed by atoms with Gasteiger partial charge >= 0.3 is 0 Å². The predicted octanol–water partition coefficient (Wildman–Crippen LogP) is 2.15. The van der Waals surface area contributed by atoms with E-state index >= 15 is 0 Å². The summed E-state index contributed by atoms with van der Waals surface area (Å²) < 4.78 is 16.0. The third kappa shape index (κ3) is 4.40. The summed E-state index contributed by atoms with van der Waals surface area (Å²) in [6, 6.07) is 6.94. The average Bonchev–Trinajstić information content (AvgIpc) is 3.20. The number of aromatic nitrogens is 2. The normalized spacial score (nSPS) is 16.2. The highest BCUT2D eigenvalue weighted by Crippen LogP contribution is 2.30. The van der Waals surface area contributed by atoms with E-state index in [-0.39, 0.29) is 12.0 Å². The number of nitrogens with zero attached hydrogens (tertiary/aromatic N) is 2. The standard InChI is InChI=1S/C18H22N4O4/c1-24-15-6-5-12(10-16(15)25-2)21-18-19-8-7-14(22-18)17(23)20-11-13-4-3-9-26-13/h5-8,10,13H,3-4,9,11H2,1-2H3,(H,20,23)(H,19,21,22). The quantitative estimate of drug-likeness (QED) is 0.783. The Bertz CT molecular complexity index is 763. The van der Waals surface area contributed by atoms with Gasteiger partial charge in [-0.15, -0.1) is 0 Å². The van der Waals surface area contributed by atoms with E-state index in [2.05, 4.69) is 20.6 Å². The number of amides is 1. The van der Waals surface area contributed by atoms with Crippen molar-refractivity contribution >= 4 is 17.5 Å². The number of anilines is 2. The van der Waals surface area contributed by atoms with Crippen LogP contribution in [0.3, 0.4) is 0 Å². The molecule has 26 heavy (non-hydrogen) atoms. The van der Waals surface area contributed by atoms with Crippen LogP contribution in [-0.2, 0) is 4.74 Å². The smallest absolute Gasteiger partial charge is 0.270 e. The molecule has 2 N–H and O–H groups in total. The highest BCUT2D eigenvalue weighted by molar-refractivity contribution is 5.92. The minimum atomic E-state index is -0.252. The van der Waals surface area contributed by atoms with Gasteiger partial charge in [0.15, 0.2) is 11.5 Å². The van der Waals surface area contributed by atoms with Crippen LogP contribution in [0.1, 0.15) is 23.3 Å². The first-order valence-corrected chi connectivity index (χ1v) is 8.41. The Hall–Kier alpha value is -2.87. The lowest BCUT2D eigenvalue weighted by Crippen LogP contribution is -2.32. The molecule has 2 heterocycles. The maximum Gasteiger partial charge on any atom is 0.270 e. The number of rotatable bonds is 7. The Morgan fingerprint density at radius 1 is 1.27 bits per heavy atom. The molecule has 1 aliphatic heterocycles. The van der Waals surface area contributed by atoms with Crippen molar-refractivity contribution < 1.29 is 19.0 Å². The first-order valence-electron chi connectivity index (χ1n) is 8.41. The minimum Gasteiger partial charge on any atom is -0.493 e. The van der Waals surface area contributed by atoms with Gasteiger partial charge in [0.25, 0.3) is 5.91 Å². The first-order chi connectivity index (χ1) is 12.7. The maximum atomic E-state index is 12.3. The number of carbonyl (C=O) groups excluding carboxylic acids is 1. The average molecular weight is 358 g/mol. The summed E-state index contributed by atoms with van der Waals surface area (Å²) in [6.45, 7) is 1.24. The summed E-state index contributed by atoms with van der Waals surface area (Å²) >= 11 is 0. The molecule has 0 radical (unpaired) electrons. The van der Waals surface area contributed by atoms with E-state index in [4.69, 9.17) is 14.2 Å². The number of methoxy groups -OCH3 is 2. The molecule has 1 unspecified atom stereocenters. The molecule has 2 aromatic rings. The second-order valence-corrected chi connectivity index (χ2v) is 5.81. The van der Waals surface area contributed by atoms with Gasteiger partial charge in [0, 0.05) is 31.1 Å². The molecule has 8 nitrogen and oxygen atoms in total. The van der Waals surface area contributed by atoms with Gasteiger partial charge in [-0.1, -0.05) is 0 Å². The molecule has 3 rings (SSSR count). The predicted molar refractivity (Wildman–Crippen MR) is 96.2 cm³/mol. The fourth-order valence-electron chi connectivity index (χ4n) is 2.69. The lowest BCUT2D eigenvalue weighted by atomic mass is 10.2. The van der Waals surface area contributed by atoms with Crippen LogP contribution in [0.15, 0.2) is 30.5 Å². The molecule has 1 fully saturated rings. The molecule has 0 bridgehead atoms. The number of ether oxygens (including phenoxy) is 3. The Kier molecular flexibility index (Phi) is 5.85. The molecule has 1 aromatic carbocycles. The molecule has 0 spiro atoms. The van der Waals surface area contributed by atoms with Gasteiger partial charge in [0.1, 0.15) is 5.69 Å². The van der Waals surface area contributed by atoms with Gasteiger partial charge in [-0.05, 0) is 31.0 Å². The Morgan fingerprint density at radius 3 is 2.85 bits per heavy atom. The van der Waals surface area contributed by atoms with E-state index in [0.717, 1.165) is 25.1 Å². The van der Waals surface area contributed by atoms with Crippen molar-refractivity contribution in [3.8, 4) is 11.5 Å². The topological polar surface area (TPSA) is 94.6 Å². The van der Waals surface area contributed by atoms with E-state index in [0.29, 0.717) is 29.7 Å². The van der Waals surface area contributed by atoms with Gasteiger partial charge in [-0.2, -0.15) is 0 Å². The van der Waals surface area contributed by atoms with Crippen molar-refractivity contribution in [1.29, 1.82) is 0 Å². The SMILES string of the molecule is COc1ccc(Nc2nccc(C(=O)NCC3CCCO3)n2)cc1OC. The van der Waals surface area contributed by atoms with Gasteiger partial charge in [0.2, 0.25) is 5.95 Å². The third-order valence-corrected chi connectivity index (χ3v) is 4.04. The summed E-state index contributed by atoms with van der Waals surface area (Å²) in [4.78, 5) is 20.7. The number of nitrogens with one attached hydrogen (secondary N) is 2. The van der Waals surface area contributed by atoms with Gasteiger partial charge in [-0.25, -0.2) is 9.97 Å². The highest BCUT2D eigenvalue weighted by Gasteiger charge is 2.17. The van der Waals surface area contributed by atoms with Crippen molar-refractivity contribution in [3.63, 3.8) is 0 Å². The lowest BCUT2D eigenvalue weighted by Gasteiger charge is -2.12. The van der Waals surface area contributed by atoms with E-state index in [1.54, 1.807) is 32.4 Å². The van der Waals surface area contributed by atoms with E-state index in [1.807, 2.05) is 6.07 Å². The van der Waals surface area contributed by atoms with Crippen LogP contribution in [0.5, 0.6) is 11.5 Å². The molecule has 1 amide bonds. The summed E-state index contributed by atoms with van der Waals surface area (Å²) in [6.07, 6.45) is 3.63. The van der Waals surface area contributed by atoms with Gasteiger partial charge < -0.3 is 24.8 Å². The molecule has 0 saturated carbocycles. The maximum absolute atomic E-state index is 12.3. The number of hydrogen-bond donors (Lipinski definition) is 2. The zero-order chi connectivity index (χ0) is 18.4. The van der Waals surface area contributed by atoms with Crippen LogP contribution in [0, 0.1) is 0 Å². The Labute approximate surface area is 151 Å². The van der Waals surface area contributed by atoms with Crippen LogP contribution in [0.2, 0.25) is 0 Å². The molecule has 1 aromatic heterocycles. The fraction of sp³-hybridized carbons (Fsp3) is 0.389. The summed E-state index contributed by atoms with van der Waals surface area (Å²) in [5.41, 5.74) is 1.01. The van der Waals surface area contributed by atoms with Crippen molar-refractivity contribution in [2.75, 3.05) is 32.7 Å². The van der Waals surface area contributed by atoms with E-state index in [1.165, 1.54) is 6.20 Å². The lowest BCUT2D eigenvalue weighted by molar-refractivity contribution is 0.0853. The molecule has 8 heteroatoms. The zero-order valence-electron chi connectivity index (χ0n) is 14.8. The summed E-state index contributed by atoms with van der Waals surface area (Å²) in [5.74, 6) is 1.28. The number of hydrogen-bond acceptors (Lipinski definition) is 7. The molecular formula is C18H22N4O4. The van der Waals surface area contributed by atoms with E-state index in [9.17, 15) is 4.79 Å². The van der Waals surface area contributed by atoms with Crippen LogP contribution in [0.4, 0.5) is 11.6 Å². The highest BCUT2D eigenvalue weighted by atomic mass is 16.5. The summed E-state index contributed by atoms with van der Waals surface area (Å²) in [5, 5.41) is 5.91. The fourth-order valence-corrected chi connectivity index (χ4v) is 2.69. The van der Waals surface area contributed by atoms with Crippen molar-refractivity contribution in [1.82, 2.24) is 15.3 Å². The largest absolute Gasteiger partial charge is 0.493 e. The second-order valence-electron chi connectivity index (χ2n) is 5.81. The number of carbonyl (C=O) groups is 1. The van der Waals surface area contributed by atoms with Gasteiger partial charge in [0.05, 0.1) is 20.3 Å². The van der Waals surface area contributed by atoms with Gasteiger partial charge in [-0.3, -0.25) is 4.79 Å². The third-order valence-electron chi connectivity index (χ3n) is 4.04. The second kappa shape index (κ2) is 8.48. The summed E-state index contributed by atoms with van der Waals surface area (Å²) in [7, 11) is 3.14. The molecular weight excluding hydrogens is 336 g/mol. The Morgan fingerprint density at radius 2 is 2.12 bits per heavy atom. The van der Waals surface area contributed by atoms with Crippen molar-refractivity contribution in [2.24, 2.45) is 0 Å². The molecule has 1 saturated heterocycles. The molecule has 138 valence electrons.